The quantitative estimate of drug-likeness (QED) is 0.229. The molecule has 0 rings (SSSR count). The molecule has 0 saturated heterocycles. The Morgan fingerprint density at radius 3 is 1.23 bits per heavy atom. The zero-order valence-corrected chi connectivity index (χ0v) is 15.5. The Bertz CT molecular complexity index is 176. The van der Waals surface area contributed by atoms with Gasteiger partial charge in [-0.25, -0.2) is 0 Å². The summed E-state index contributed by atoms with van der Waals surface area (Å²) in [5, 5.41) is 0. The van der Waals surface area contributed by atoms with Gasteiger partial charge in [0.25, 0.3) is 0 Å². The van der Waals surface area contributed by atoms with Crippen LogP contribution in [0.2, 0.25) is 0 Å². The predicted octanol–water partition coefficient (Wildman–Crippen LogP) is 6.63. The van der Waals surface area contributed by atoms with Gasteiger partial charge in [0.2, 0.25) is 0 Å². The van der Waals surface area contributed by atoms with Gasteiger partial charge in [-0.3, -0.25) is 0 Å². The monoisotopic (exact) mass is 322 g/mol. The first-order valence-electron chi connectivity index (χ1n) is 9.86. The minimum absolute atomic E-state index is 0. The molecule has 2 atom stereocenters. The predicted molar refractivity (Wildman–Crippen MR) is 103 cm³/mol. The van der Waals surface area contributed by atoms with Crippen molar-refractivity contribution in [3.8, 4) is 0 Å². The van der Waals surface area contributed by atoms with Gasteiger partial charge in [-0.1, -0.05) is 90.9 Å². The second-order valence-corrected chi connectivity index (χ2v) is 6.87. The molecule has 0 radical (unpaired) electrons. The number of hydrogen-bond acceptors (Lipinski definition) is 1. The third-order valence-electron chi connectivity index (χ3n) is 4.39. The first kappa shape index (κ1) is 25.2. The van der Waals surface area contributed by atoms with Gasteiger partial charge in [0.1, 0.15) is 0 Å². The van der Waals surface area contributed by atoms with Crippen LogP contribution in [0.1, 0.15) is 118 Å². The van der Waals surface area contributed by atoms with E-state index in [-0.39, 0.29) is 29.6 Å². The fourth-order valence-corrected chi connectivity index (χ4v) is 2.96. The van der Waals surface area contributed by atoms with E-state index in [2.05, 4.69) is 27.7 Å². The Balaban J connectivity index is 0. The number of ether oxygens (including phenoxy) is 1. The molecule has 0 aliphatic carbocycles. The van der Waals surface area contributed by atoms with Crippen LogP contribution in [0.5, 0.6) is 0 Å². The van der Waals surface area contributed by atoms with Gasteiger partial charge in [0.05, 0.1) is 12.2 Å². The molecular formula is C20H43NaO. The van der Waals surface area contributed by atoms with Crippen LogP contribution in [0.25, 0.3) is 0 Å². The maximum atomic E-state index is 6.11. The molecule has 0 heterocycles. The molecule has 0 N–H and O–H groups in total. The molecule has 0 aliphatic rings. The standard InChI is InChI=1S/C20H42O.Na.H/c1-5-7-9-11-13-15-17-19(3)21-20(4)18-16-14-12-10-8-6-2;;/h19-20H,5-18H2,1-4H3;;. The molecule has 130 valence electrons. The summed E-state index contributed by atoms with van der Waals surface area (Å²) >= 11 is 0. The summed E-state index contributed by atoms with van der Waals surface area (Å²) in [5.41, 5.74) is 0. The average Bonchev–Trinajstić information content (AvgIpc) is 2.46. The van der Waals surface area contributed by atoms with E-state index in [0.29, 0.717) is 12.2 Å². The third kappa shape index (κ3) is 19.0. The van der Waals surface area contributed by atoms with Crippen molar-refractivity contribution < 1.29 is 4.74 Å². The Kier molecular flexibility index (Phi) is 22.9. The summed E-state index contributed by atoms with van der Waals surface area (Å²) in [4.78, 5) is 0. The molecule has 0 fully saturated rings. The van der Waals surface area contributed by atoms with Crippen molar-refractivity contribution in [1.82, 2.24) is 0 Å². The maximum absolute atomic E-state index is 6.11. The van der Waals surface area contributed by atoms with Crippen molar-refractivity contribution in [1.29, 1.82) is 0 Å². The SMILES string of the molecule is CCCCCCCCC(C)OC(C)CCCCCCCC.[NaH]. The summed E-state index contributed by atoms with van der Waals surface area (Å²) in [7, 11) is 0. The van der Waals surface area contributed by atoms with Crippen LogP contribution >= 0.6 is 0 Å². The van der Waals surface area contributed by atoms with Crippen molar-refractivity contribution in [2.24, 2.45) is 0 Å². The average molecular weight is 323 g/mol. The van der Waals surface area contributed by atoms with Gasteiger partial charge >= 0.3 is 29.6 Å². The van der Waals surface area contributed by atoms with Crippen molar-refractivity contribution in [2.45, 2.75) is 130 Å². The number of unbranched alkanes of at least 4 members (excludes halogenated alkanes) is 10. The van der Waals surface area contributed by atoms with E-state index >= 15 is 0 Å². The molecule has 0 aromatic carbocycles. The third-order valence-corrected chi connectivity index (χ3v) is 4.39. The van der Waals surface area contributed by atoms with Gasteiger partial charge in [0.15, 0.2) is 0 Å². The zero-order chi connectivity index (χ0) is 15.8. The second kappa shape index (κ2) is 20.0. The molecule has 0 aromatic rings. The molecule has 0 aromatic heterocycles. The normalized spacial score (nSPS) is 13.6. The molecule has 0 aliphatic heterocycles. The summed E-state index contributed by atoms with van der Waals surface area (Å²) in [5.74, 6) is 0. The van der Waals surface area contributed by atoms with Crippen molar-refractivity contribution in [3.05, 3.63) is 0 Å². The van der Waals surface area contributed by atoms with E-state index in [1.165, 1.54) is 89.9 Å². The van der Waals surface area contributed by atoms with Crippen LogP contribution in [0.4, 0.5) is 0 Å². The first-order valence-corrected chi connectivity index (χ1v) is 9.86. The Hall–Kier alpha value is 0.960. The van der Waals surface area contributed by atoms with E-state index in [1.54, 1.807) is 0 Å². The van der Waals surface area contributed by atoms with Crippen LogP contribution in [0, 0.1) is 0 Å². The topological polar surface area (TPSA) is 9.23 Å². The van der Waals surface area contributed by atoms with Gasteiger partial charge in [0, 0.05) is 0 Å². The van der Waals surface area contributed by atoms with Gasteiger partial charge in [-0.05, 0) is 26.7 Å². The van der Waals surface area contributed by atoms with E-state index < -0.39 is 0 Å². The number of hydrogen-bond donors (Lipinski definition) is 0. The molecule has 1 nitrogen and oxygen atoms in total. The fraction of sp³-hybridized carbons (Fsp3) is 1.00. The van der Waals surface area contributed by atoms with Crippen LogP contribution in [-0.2, 0) is 4.74 Å². The molecule has 0 spiro atoms. The van der Waals surface area contributed by atoms with Crippen LogP contribution in [0.3, 0.4) is 0 Å². The minimum atomic E-state index is 0. The molecular weight excluding hydrogens is 279 g/mol. The van der Waals surface area contributed by atoms with E-state index in [1.807, 2.05) is 0 Å². The first-order chi connectivity index (χ1) is 10.2. The van der Waals surface area contributed by atoms with Crippen molar-refractivity contribution in [2.75, 3.05) is 0 Å². The summed E-state index contributed by atoms with van der Waals surface area (Å²) in [6.07, 6.45) is 20.0. The fourth-order valence-electron chi connectivity index (χ4n) is 2.96. The molecule has 2 heteroatoms. The van der Waals surface area contributed by atoms with Crippen LogP contribution in [0.15, 0.2) is 0 Å². The molecule has 0 saturated carbocycles. The zero-order valence-electron chi connectivity index (χ0n) is 15.5. The Morgan fingerprint density at radius 1 is 0.545 bits per heavy atom. The van der Waals surface area contributed by atoms with E-state index in [0.717, 1.165) is 0 Å². The van der Waals surface area contributed by atoms with Crippen LogP contribution < -0.4 is 0 Å². The summed E-state index contributed by atoms with van der Waals surface area (Å²) in [6, 6.07) is 0. The van der Waals surface area contributed by atoms with Gasteiger partial charge in [-0.2, -0.15) is 0 Å². The van der Waals surface area contributed by atoms with Crippen molar-refractivity contribution in [3.63, 3.8) is 0 Å². The number of rotatable bonds is 16. The molecule has 2 unspecified atom stereocenters. The summed E-state index contributed by atoms with van der Waals surface area (Å²) in [6.45, 7) is 9.07. The molecule has 0 amide bonds. The Morgan fingerprint density at radius 2 is 0.864 bits per heavy atom. The Labute approximate surface area is 163 Å². The van der Waals surface area contributed by atoms with E-state index in [9.17, 15) is 0 Å². The van der Waals surface area contributed by atoms with Gasteiger partial charge in [-0.15, -0.1) is 0 Å². The van der Waals surface area contributed by atoms with Crippen LogP contribution in [-0.4, -0.2) is 41.8 Å². The van der Waals surface area contributed by atoms with Crippen molar-refractivity contribution >= 4 is 29.6 Å². The molecule has 22 heavy (non-hydrogen) atoms. The van der Waals surface area contributed by atoms with E-state index in [4.69, 9.17) is 4.74 Å². The molecule has 0 bridgehead atoms. The summed E-state index contributed by atoms with van der Waals surface area (Å²) < 4.78 is 6.11. The van der Waals surface area contributed by atoms with Gasteiger partial charge < -0.3 is 4.74 Å². The second-order valence-electron chi connectivity index (χ2n) is 6.87.